The number of carboxylic acids is 1. The van der Waals surface area contributed by atoms with Crippen LogP contribution in [0.4, 0.5) is 5.69 Å². The van der Waals surface area contributed by atoms with Crippen LogP contribution in [0.15, 0.2) is 67.3 Å². The van der Waals surface area contributed by atoms with Crippen LogP contribution in [0.25, 0.3) is 22.0 Å². The summed E-state index contributed by atoms with van der Waals surface area (Å²) >= 11 is 13.6. The Morgan fingerprint density at radius 1 is 0.909 bits per heavy atom. The van der Waals surface area contributed by atoms with Gasteiger partial charge in [-0.25, -0.2) is 4.79 Å². The number of benzene rings is 2. The molecular formula is C42H43Cl2N7O4. The van der Waals surface area contributed by atoms with Gasteiger partial charge in [-0.3, -0.25) is 19.4 Å². The van der Waals surface area contributed by atoms with Gasteiger partial charge in [0.25, 0.3) is 5.91 Å². The van der Waals surface area contributed by atoms with E-state index in [1.807, 2.05) is 86.9 Å². The number of ether oxygens (including phenoxy) is 1. The molecule has 55 heavy (non-hydrogen) atoms. The summed E-state index contributed by atoms with van der Waals surface area (Å²) in [5.41, 5.74) is 9.68. The maximum atomic E-state index is 15.1. The van der Waals surface area contributed by atoms with Gasteiger partial charge in [-0.2, -0.15) is 5.10 Å². The summed E-state index contributed by atoms with van der Waals surface area (Å²) < 4.78 is 10.2. The summed E-state index contributed by atoms with van der Waals surface area (Å²) in [6.45, 7) is 10.7. The second-order valence-electron chi connectivity index (χ2n) is 14.1. The minimum Gasteiger partial charge on any atom is -0.494 e. The Morgan fingerprint density at radius 2 is 1.65 bits per heavy atom. The van der Waals surface area contributed by atoms with Crippen molar-refractivity contribution in [2.45, 2.75) is 47.1 Å². The Labute approximate surface area is 330 Å². The molecule has 1 aliphatic heterocycles. The molecule has 1 aliphatic rings. The molecule has 1 N–H and O–H groups in total. The average molecular weight is 781 g/mol. The van der Waals surface area contributed by atoms with Crippen molar-refractivity contribution < 1.29 is 19.4 Å². The lowest BCUT2D eigenvalue weighted by molar-refractivity contribution is 0.0695. The summed E-state index contributed by atoms with van der Waals surface area (Å²) in [7, 11) is 1.92. The number of piperazine rings is 1. The van der Waals surface area contributed by atoms with Crippen molar-refractivity contribution in [2.75, 3.05) is 37.7 Å². The minimum absolute atomic E-state index is 0.0845. The number of aromatic nitrogens is 5. The number of hydrogen-bond acceptors (Lipinski definition) is 7. The van der Waals surface area contributed by atoms with E-state index in [0.717, 1.165) is 66.4 Å². The first-order valence-electron chi connectivity index (χ1n) is 18.3. The van der Waals surface area contributed by atoms with E-state index in [-0.39, 0.29) is 11.5 Å². The molecule has 1 amide bonds. The van der Waals surface area contributed by atoms with Gasteiger partial charge in [-0.15, -0.1) is 0 Å². The molecule has 1 fully saturated rings. The highest BCUT2D eigenvalue weighted by Gasteiger charge is 2.32. The van der Waals surface area contributed by atoms with Crippen molar-refractivity contribution in [3.05, 3.63) is 122 Å². The Balaban J connectivity index is 1.32. The lowest BCUT2D eigenvalue weighted by Gasteiger charge is -2.36. The summed E-state index contributed by atoms with van der Waals surface area (Å²) in [6, 6.07) is 13.4. The predicted molar refractivity (Wildman–Crippen MR) is 216 cm³/mol. The van der Waals surface area contributed by atoms with Crippen molar-refractivity contribution in [3.63, 3.8) is 0 Å². The zero-order valence-corrected chi connectivity index (χ0v) is 33.1. The zero-order chi connectivity index (χ0) is 39.0. The second-order valence-corrected chi connectivity index (χ2v) is 14.9. The number of aryl methyl sites for hydroxylation is 5. The third kappa shape index (κ3) is 7.51. The van der Waals surface area contributed by atoms with E-state index < -0.39 is 5.97 Å². The van der Waals surface area contributed by atoms with Gasteiger partial charge in [0.1, 0.15) is 11.4 Å². The predicted octanol–water partition coefficient (Wildman–Crippen LogP) is 8.09. The van der Waals surface area contributed by atoms with Crippen LogP contribution in [0.3, 0.4) is 0 Å². The number of fused-ring (bicyclic) bond motifs is 1. The van der Waals surface area contributed by atoms with E-state index in [2.05, 4.69) is 19.4 Å². The zero-order valence-electron chi connectivity index (χ0n) is 31.6. The van der Waals surface area contributed by atoms with E-state index in [1.54, 1.807) is 18.5 Å². The fraction of sp³-hybridized carbons (Fsp3) is 0.310. The number of carbonyl (C=O) groups is 2. The second kappa shape index (κ2) is 15.8. The van der Waals surface area contributed by atoms with E-state index in [9.17, 15) is 9.90 Å². The number of halogens is 2. The molecule has 0 spiro atoms. The molecule has 6 aromatic rings. The van der Waals surface area contributed by atoms with Crippen molar-refractivity contribution in [2.24, 2.45) is 7.05 Å². The molecule has 11 nitrogen and oxygen atoms in total. The number of pyridine rings is 2. The fourth-order valence-electron chi connectivity index (χ4n) is 7.66. The van der Waals surface area contributed by atoms with Crippen LogP contribution < -0.4 is 9.64 Å². The van der Waals surface area contributed by atoms with Gasteiger partial charge < -0.3 is 24.2 Å². The highest BCUT2D eigenvalue weighted by atomic mass is 35.5. The summed E-state index contributed by atoms with van der Waals surface area (Å²) in [4.78, 5) is 39.3. The molecule has 7 rings (SSSR count). The number of rotatable bonds is 11. The van der Waals surface area contributed by atoms with Crippen LogP contribution in [-0.4, -0.2) is 79.0 Å². The first-order valence-corrected chi connectivity index (χ1v) is 19.0. The van der Waals surface area contributed by atoms with Gasteiger partial charge in [-0.05, 0) is 93.1 Å². The SMILES string of the molecule is Cc1cc(OCCCc2c(C(=O)N3CCN(c4cncc(C(=O)O)c4)CC3)n(Cc3cccnc3)c3c(-c4c(C)nn(C)c4C)c(Cl)ccc23)cc(C)c1Cl. The van der Waals surface area contributed by atoms with Crippen LogP contribution in [0.1, 0.15) is 60.9 Å². The summed E-state index contributed by atoms with van der Waals surface area (Å²) in [5.74, 6) is -0.357. The first-order chi connectivity index (χ1) is 26.4. The number of amides is 1. The topological polar surface area (TPSA) is 119 Å². The Morgan fingerprint density at radius 3 is 2.31 bits per heavy atom. The number of nitrogens with zero attached hydrogens (tertiary/aromatic N) is 7. The molecule has 1 saturated heterocycles. The fourth-order valence-corrected chi connectivity index (χ4v) is 8.02. The third-order valence-corrected chi connectivity index (χ3v) is 11.4. The molecule has 0 bridgehead atoms. The normalized spacial score (nSPS) is 13.1. The van der Waals surface area contributed by atoms with Crippen molar-refractivity contribution in [1.82, 2.24) is 29.2 Å². The van der Waals surface area contributed by atoms with Crippen LogP contribution in [-0.2, 0) is 20.0 Å². The molecule has 5 heterocycles. The van der Waals surface area contributed by atoms with E-state index in [1.165, 1.54) is 6.20 Å². The molecule has 4 aromatic heterocycles. The molecule has 0 radical (unpaired) electrons. The average Bonchev–Trinajstić information content (AvgIpc) is 3.62. The molecular weight excluding hydrogens is 737 g/mol. The smallest absolute Gasteiger partial charge is 0.337 e. The molecule has 13 heteroatoms. The number of hydrogen-bond donors (Lipinski definition) is 1. The molecule has 284 valence electrons. The van der Waals surface area contributed by atoms with Crippen LogP contribution >= 0.6 is 23.2 Å². The lowest BCUT2D eigenvalue weighted by atomic mass is 9.98. The molecule has 0 saturated carbocycles. The van der Waals surface area contributed by atoms with E-state index in [4.69, 9.17) is 33.0 Å². The number of anilines is 1. The van der Waals surface area contributed by atoms with Gasteiger partial charge in [0.05, 0.1) is 40.3 Å². The van der Waals surface area contributed by atoms with Crippen molar-refractivity contribution >= 4 is 51.7 Å². The lowest BCUT2D eigenvalue weighted by Crippen LogP contribution is -2.49. The van der Waals surface area contributed by atoms with Gasteiger partial charge in [-0.1, -0.05) is 35.3 Å². The van der Waals surface area contributed by atoms with E-state index >= 15 is 4.79 Å². The highest BCUT2D eigenvalue weighted by molar-refractivity contribution is 6.35. The molecule has 0 atom stereocenters. The molecule has 0 aliphatic carbocycles. The number of aromatic carboxylic acids is 1. The monoisotopic (exact) mass is 779 g/mol. The number of carbonyl (C=O) groups excluding carboxylic acids is 1. The van der Waals surface area contributed by atoms with E-state index in [0.29, 0.717) is 68.6 Å². The Bertz CT molecular complexity index is 2390. The van der Waals surface area contributed by atoms with Crippen molar-refractivity contribution in [1.29, 1.82) is 0 Å². The third-order valence-electron chi connectivity index (χ3n) is 10.5. The van der Waals surface area contributed by atoms with Crippen LogP contribution in [0.2, 0.25) is 10.0 Å². The van der Waals surface area contributed by atoms with Gasteiger partial charge >= 0.3 is 5.97 Å². The summed E-state index contributed by atoms with van der Waals surface area (Å²) in [5, 5.41) is 16.5. The minimum atomic E-state index is -1.03. The maximum Gasteiger partial charge on any atom is 0.337 e. The maximum absolute atomic E-state index is 15.1. The Kier molecular flexibility index (Phi) is 10.9. The number of carboxylic acid groups (broad SMARTS) is 1. The molecule has 2 aromatic carbocycles. The quantitative estimate of drug-likeness (QED) is 0.131. The highest BCUT2D eigenvalue weighted by Crippen LogP contribution is 2.43. The van der Waals surface area contributed by atoms with Crippen molar-refractivity contribution in [3.8, 4) is 16.9 Å². The van der Waals surface area contributed by atoms with Gasteiger partial charge in [0.15, 0.2) is 0 Å². The van der Waals surface area contributed by atoms with Crippen LogP contribution in [0, 0.1) is 27.7 Å². The van der Waals surface area contributed by atoms with Crippen LogP contribution in [0.5, 0.6) is 5.75 Å². The Hall–Kier alpha value is -5.39. The van der Waals surface area contributed by atoms with Gasteiger partial charge in [0.2, 0.25) is 0 Å². The van der Waals surface area contributed by atoms with Gasteiger partial charge in [0, 0.05) is 85.6 Å². The summed E-state index contributed by atoms with van der Waals surface area (Å²) in [6.07, 6.45) is 7.79. The standard InChI is InChI=1S/C42H43Cl2N7O4/c1-25-18-32(19-26(2)38(25)44)55-17-7-9-33-34-10-11-35(43)37(36-27(3)47-48(5)28(36)4)39(34)51(24-29-8-6-12-45-21-29)40(33)41(52)50-15-13-49(14-16-50)31-20-30(42(53)54)22-46-23-31/h6,8,10-12,18-23H,7,9,13-17,24H2,1-5H3,(H,53,54). The largest absolute Gasteiger partial charge is 0.494 e. The molecule has 0 unspecified atom stereocenters. The first kappa shape index (κ1) is 37.9.